The zero-order chi connectivity index (χ0) is 14.8. The van der Waals surface area contributed by atoms with Gasteiger partial charge in [-0.15, -0.1) is 0 Å². The van der Waals surface area contributed by atoms with Gasteiger partial charge >= 0.3 is 0 Å². The maximum absolute atomic E-state index is 12.6. The molecule has 5 heteroatoms. The maximum atomic E-state index is 12.6. The molecular formula is C16H18N4O. The van der Waals surface area contributed by atoms with Gasteiger partial charge in [-0.1, -0.05) is 30.3 Å². The van der Waals surface area contributed by atoms with Gasteiger partial charge in [0.25, 0.3) is 5.91 Å². The fourth-order valence-electron chi connectivity index (χ4n) is 2.82. The van der Waals surface area contributed by atoms with E-state index < -0.39 is 0 Å². The summed E-state index contributed by atoms with van der Waals surface area (Å²) in [5.74, 6) is 0.141. The van der Waals surface area contributed by atoms with Gasteiger partial charge < -0.3 is 10.6 Å². The third-order valence-corrected chi connectivity index (χ3v) is 4.02. The number of aryl methyl sites for hydroxylation is 1. The molecule has 0 aliphatic carbocycles. The predicted octanol–water partition coefficient (Wildman–Crippen LogP) is 1.35. The lowest BCUT2D eigenvalue weighted by Crippen LogP contribution is -2.32. The topological polar surface area (TPSA) is 72.1 Å². The number of nitrogens with two attached hydrogens (primary N) is 1. The fourth-order valence-corrected chi connectivity index (χ4v) is 2.82. The van der Waals surface area contributed by atoms with Crippen LogP contribution in [0.25, 0.3) is 0 Å². The van der Waals surface area contributed by atoms with Crippen LogP contribution in [0, 0.1) is 6.92 Å². The normalized spacial score (nSPS) is 21.5. The molecule has 1 amide bonds. The van der Waals surface area contributed by atoms with Crippen molar-refractivity contribution >= 4 is 5.91 Å². The number of benzene rings is 1. The molecule has 1 saturated heterocycles. The van der Waals surface area contributed by atoms with E-state index in [1.807, 2.05) is 25.1 Å². The molecule has 2 N–H and O–H groups in total. The molecule has 0 saturated carbocycles. The fraction of sp³-hybridized carbons (Fsp3) is 0.312. The summed E-state index contributed by atoms with van der Waals surface area (Å²) >= 11 is 0. The van der Waals surface area contributed by atoms with Crippen molar-refractivity contribution in [3.63, 3.8) is 0 Å². The van der Waals surface area contributed by atoms with Crippen LogP contribution in [0.4, 0.5) is 0 Å². The van der Waals surface area contributed by atoms with Crippen LogP contribution in [0.15, 0.2) is 42.9 Å². The van der Waals surface area contributed by atoms with E-state index in [0.29, 0.717) is 24.3 Å². The number of hydrogen-bond donors (Lipinski definition) is 1. The molecule has 1 fully saturated rings. The van der Waals surface area contributed by atoms with E-state index in [0.717, 1.165) is 0 Å². The van der Waals surface area contributed by atoms with Crippen molar-refractivity contribution in [3.05, 3.63) is 59.7 Å². The average molecular weight is 282 g/mol. The van der Waals surface area contributed by atoms with Gasteiger partial charge in [-0.2, -0.15) is 0 Å². The Hall–Kier alpha value is -2.27. The summed E-state index contributed by atoms with van der Waals surface area (Å²) in [6.07, 6.45) is 3.03. The number of carbonyl (C=O) groups is 1. The predicted molar refractivity (Wildman–Crippen MR) is 79.8 cm³/mol. The first kappa shape index (κ1) is 13.7. The summed E-state index contributed by atoms with van der Waals surface area (Å²) in [5, 5.41) is 0. The summed E-state index contributed by atoms with van der Waals surface area (Å²) < 4.78 is 0. The number of carbonyl (C=O) groups excluding carboxylic acids is 1. The number of rotatable bonds is 2. The van der Waals surface area contributed by atoms with E-state index in [1.165, 1.54) is 11.9 Å². The Kier molecular flexibility index (Phi) is 3.66. The highest BCUT2D eigenvalue weighted by Crippen LogP contribution is 2.27. The molecule has 1 aliphatic rings. The molecule has 1 aromatic heterocycles. The molecule has 0 bridgehead atoms. The van der Waals surface area contributed by atoms with E-state index >= 15 is 0 Å². The minimum Gasteiger partial charge on any atom is -0.336 e. The third-order valence-electron chi connectivity index (χ3n) is 4.02. The van der Waals surface area contributed by atoms with E-state index in [-0.39, 0.29) is 17.9 Å². The minimum absolute atomic E-state index is 0.0398. The summed E-state index contributed by atoms with van der Waals surface area (Å²) in [7, 11) is 0. The van der Waals surface area contributed by atoms with E-state index in [2.05, 4.69) is 22.1 Å². The molecule has 1 aromatic carbocycles. The number of aromatic nitrogens is 2. The molecule has 5 nitrogen and oxygen atoms in total. The van der Waals surface area contributed by atoms with Gasteiger partial charge in [-0.25, -0.2) is 9.97 Å². The van der Waals surface area contributed by atoms with Gasteiger partial charge in [0, 0.05) is 31.2 Å². The number of nitrogens with zero attached hydrogens (tertiary/aromatic N) is 3. The van der Waals surface area contributed by atoms with Crippen LogP contribution in [-0.4, -0.2) is 39.9 Å². The first-order valence-corrected chi connectivity index (χ1v) is 7.03. The van der Waals surface area contributed by atoms with Crippen molar-refractivity contribution in [3.8, 4) is 0 Å². The molecule has 0 radical (unpaired) electrons. The van der Waals surface area contributed by atoms with Crippen LogP contribution in [-0.2, 0) is 0 Å². The van der Waals surface area contributed by atoms with Gasteiger partial charge in [0.2, 0.25) is 0 Å². The maximum Gasteiger partial charge on any atom is 0.257 e. The van der Waals surface area contributed by atoms with Crippen LogP contribution in [0.3, 0.4) is 0 Å². The van der Waals surface area contributed by atoms with E-state index in [4.69, 9.17) is 5.73 Å². The highest BCUT2D eigenvalue weighted by Gasteiger charge is 2.34. The van der Waals surface area contributed by atoms with E-state index in [9.17, 15) is 4.79 Å². The van der Waals surface area contributed by atoms with Gasteiger partial charge in [-0.3, -0.25) is 4.79 Å². The Balaban J connectivity index is 1.80. The molecular weight excluding hydrogens is 264 g/mol. The van der Waals surface area contributed by atoms with Crippen LogP contribution in [0.5, 0.6) is 0 Å². The summed E-state index contributed by atoms with van der Waals surface area (Å²) in [5.41, 5.74) is 8.67. The van der Waals surface area contributed by atoms with Crippen LogP contribution < -0.4 is 5.73 Å². The van der Waals surface area contributed by atoms with Crippen molar-refractivity contribution < 1.29 is 4.79 Å². The molecule has 2 atom stereocenters. The van der Waals surface area contributed by atoms with Gasteiger partial charge in [0.15, 0.2) is 0 Å². The molecule has 108 valence electrons. The third kappa shape index (κ3) is 2.64. The Morgan fingerprint density at radius 1 is 1.29 bits per heavy atom. The Morgan fingerprint density at radius 2 is 2.05 bits per heavy atom. The van der Waals surface area contributed by atoms with E-state index in [1.54, 1.807) is 11.1 Å². The second-order valence-electron chi connectivity index (χ2n) is 5.41. The van der Waals surface area contributed by atoms with Crippen LogP contribution in [0.1, 0.15) is 27.5 Å². The highest BCUT2D eigenvalue weighted by molar-refractivity contribution is 5.95. The Labute approximate surface area is 123 Å². The Bertz CT molecular complexity index is 644. The molecule has 21 heavy (non-hydrogen) atoms. The first-order valence-electron chi connectivity index (χ1n) is 7.03. The SMILES string of the molecule is Cc1ncncc1C(=O)N1C[C@@H](N)[C@H](c2ccccc2)C1. The molecule has 2 heterocycles. The van der Waals surface area contributed by atoms with Crippen molar-refractivity contribution in [1.82, 2.24) is 14.9 Å². The van der Waals surface area contributed by atoms with Gasteiger partial charge in [0.05, 0.1) is 11.3 Å². The number of amides is 1. The second-order valence-corrected chi connectivity index (χ2v) is 5.41. The summed E-state index contributed by atoms with van der Waals surface area (Å²) in [4.78, 5) is 22.4. The summed E-state index contributed by atoms with van der Waals surface area (Å²) in [6, 6.07) is 10.1. The average Bonchev–Trinajstić information content (AvgIpc) is 2.90. The quantitative estimate of drug-likeness (QED) is 0.902. The molecule has 0 spiro atoms. The van der Waals surface area contributed by atoms with Gasteiger partial charge in [0.1, 0.15) is 6.33 Å². The molecule has 3 rings (SSSR count). The summed E-state index contributed by atoms with van der Waals surface area (Å²) in [6.45, 7) is 3.02. The lowest BCUT2D eigenvalue weighted by atomic mass is 9.95. The second kappa shape index (κ2) is 5.61. The smallest absolute Gasteiger partial charge is 0.257 e. The van der Waals surface area contributed by atoms with Crippen molar-refractivity contribution in [2.24, 2.45) is 5.73 Å². The largest absolute Gasteiger partial charge is 0.336 e. The minimum atomic E-state index is -0.0405. The Morgan fingerprint density at radius 3 is 2.76 bits per heavy atom. The number of hydrogen-bond acceptors (Lipinski definition) is 4. The molecule has 0 unspecified atom stereocenters. The molecule has 2 aromatic rings. The lowest BCUT2D eigenvalue weighted by Gasteiger charge is -2.17. The van der Waals surface area contributed by atoms with Crippen molar-refractivity contribution in [2.75, 3.05) is 13.1 Å². The zero-order valence-electron chi connectivity index (χ0n) is 11.9. The number of likely N-dealkylation sites (tertiary alicyclic amines) is 1. The van der Waals surface area contributed by atoms with Crippen molar-refractivity contribution in [2.45, 2.75) is 18.9 Å². The van der Waals surface area contributed by atoms with Crippen LogP contribution >= 0.6 is 0 Å². The highest BCUT2D eigenvalue weighted by atomic mass is 16.2. The zero-order valence-corrected chi connectivity index (χ0v) is 11.9. The first-order chi connectivity index (χ1) is 10.2. The van der Waals surface area contributed by atoms with Crippen LogP contribution in [0.2, 0.25) is 0 Å². The molecule has 1 aliphatic heterocycles. The van der Waals surface area contributed by atoms with Crippen molar-refractivity contribution in [1.29, 1.82) is 0 Å². The van der Waals surface area contributed by atoms with Gasteiger partial charge in [-0.05, 0) is 12.5 Å². The monoisotopic (exact) mass is 282 g/mol. The lowest BCUT2D eigenvalue weighted by molar-refractivity contribution is 0.0787. The standard InChI is InChI=1S/C16H18N4O/c1-11-13(7-18-10-19-11)16(21)20-8-14(15(17)9-20)12-5-3-2-4-6-12/h2-7,10,14-15H,8-9,17H2,1H3/t14-,15+/m0/s1.